The number of rotatable bonds is 12. The summed E-state index contributed by atoms with van der Waals surface area (Å²) in [5.41, 5.74) is 0.914. The summed E-state index contributed by atoms with van der Waals surface area (Å²) >= 11 is 0. The molecule has 2 nitrogen and oxygen atoms in total. The van der Waals surface area contributed by atoms with Gasteiger partial charge in [0.05, 0.1) is 12.2 Å². The first-order valence-electron chi connectivity index (χ1n) is 14.0. The standard InChI is InChI=1S/C29H56O2/c1-8-28(6,7)21(4)15-13-19-29(9-2,10-3)20-14-18-23-22(5)26(30)24-16-11-12-17-25(24)27(23)31/h21-27,30-31H,8-20H2,1-7H3/t21?,22-,23?,24?,25?,26?,27?/m1/s1. The number of hydrogen-bond acceptors (Lipinski definition) is 2. The third-order valence-corrected chi connectivity index (χ3v) is 10.7. The van der Waals surface area contributed by atoms with Crippen molar-refractivity contribution in [2.45, 2.75) is 144 Å². The smallest absolute Gasteiger partial charge is 0.0603 e. The number of aliphatic hydroxyl groups is 2. The third-order valence-electron chi connectivity index (χ3n) is 10.7. The molecular weight excluding hydrogens is 380 g/mol. The van der Waals surface area contributed by atoms with Crippen LogP contribution >= 0.6 is 0 Å². The zero-order chi connectivity index (χ0) is 23.2. The van der Waals surface area contributed by atoms with Crippen molar-refractivity contribution in [3.63, 3.8) is 0 Å². The summed E-state index contributed by atoms with van der Waals surface area (Å²) in [5, 5.41) is 22.1. The normalized spacial score (nSPS) is 33.2. The first-order chi connectivity index (χ1) is 14.6. The van der Waals surface area contributed by atoms with Crippen LogP contribution in [0.2, 0.25) is 0 Å². The van der Waals surface area contributed by atoms with Crippen LogP contribution in [-0.4, -0.2) is 22.4 Å². The highest BCUT2D eigenvalue weighted by Crippen LogP contribution is 2.48. The predicted molar refractivity (Wildman–Crippen MR) is 134 cm³/mol. The summed E-state index contributed by atoms with van der Waals surface area (Å²) in [6.07, 6.45) is 15.7. The number of fused-ring (bicyclic) bond motifs is 1. The minimum absolute atomic E-state index is 0.196. The molecule has 31 heavy (non-hydrogen) atoms. The van der Waals surface area contributed by atoms with E-state index in [4.69, 9.17) is 0 Å². The van der Waals surface area contributed by atoms with E-state index in [0.717, 1.165) is 25.2 Å². The lowest BCUT2D eigenvalue weighted by Gasteiger charge is -2.49. The quantitative estimate of drug-likeness (QED) is 0.325. The molecule has 0 radical (unpaired) electrons. The van der Waals surface area contributed by atoms with E-state index in [9.17, 15) is 10.2 Å². The molecule has 7 atom stereocenters. The van der Waals surface area contributed by atoms with Gasteiger partial charge in [-0.3, -0.25) is 0 Å². The molecule has 0 aromatic rings. The highest BCUT2D eigenvalue weighted by molar-refractivity contribution is 4.97. The Bertz CT molecular complexity index is 509. The average Bonchev–Trinajstić information content (AvgIpc) is 2.78. The van der Waals surface area contributed by atoms with E-state index in [1.807, 2.05) is 0 Å². The Morgan fingerprint density at radius 2 is 1.39 bits per heavy atom. The molecule has 0 aromatic heterocycles. The molecule has 0 spiro atoms. The lowest BCUT2D eigenvalue weighted by atomic mass is 9.59. The molecule has 2 aliphatic carbocycles. The molecule has 2 saturated carbocycles. The van der Waals surface area contributed by atoms with E-state index in [2.05, 4.69) is 48.5 Å². The molecule has 6 unspecified atom stereocenters. The van der Waals surface area contributed by atoms with Gasteiger partial charge in [0.25, 0.3) is 0 Å². The van der Waals surface area contributed by atoms with Gasteiger partial charge >= 0.3 is 0 Å². The van der Waals surface area contributed by atoms with E-state index in [1.54, 1.807) is 0 Å². The molecule has 2 aliphatic rings. The molecule has 0 amide bonds. The summed E-state index contributed by atoms with van der Waals surface area (Å²) in [7, 11) is 0. The molecule has 0 heterocycles. The highest BCUT2D eigenvalue weighted by atomic mass is 16.3. The van der Waals surface area contributed by atoms with Gasteiger partial charge in [0.1, 0.15) is 0 Å². The second kappa shape index (κ2) is 11.9. The highest BCUT2D eigenvalue weighted by Gasteiger charge is 2.47. The Kier molecular flexibility index (Phi) is 10.4. The van der Waals surface area contributed by atoms with Crippen LogP contribution in [0.15, 0.2) is 0 Å². The van der Waals surface area contributed by atoms with Crippen LogP contribution in [-0.2, 0) is 0 Å². The minimum Gasteiger partial charge on any atom is -0.393 e. The van der Waals surface area contributed by atoms with Crippen LogP contribution in [0.5, 0.6) is 0 Å². The summed E-state index contributed by atoms with van der Waals surface area (Å²) in [4.78, 5) is 0. The molecule has 2 rings (SSSR count). The van der Waals surface area contributed by atoms with Gasteiger partial charge in [0.15, 0.2) is 0 Å². The van der Waals surface area contributed by atoms with Crippen molar-refractivity contribution in [2.75, 3.05) is 0 Å². The molecule has 0 bridgehead atoms. The molecule has 0 aliphatic heterocycles. The maximum atomic E-state index is 11.2. The van der Waals surface area contributed by atoms with E-state index in [0.29, 0.717) is 22.7 Å². The lowest BCUT2D eigenvalue weighted by Crippen LogP contribution is -2.52. The van der Waals surface area contributed by atoms with Gasteiger partial charge in [-0.15, -0.1) is 0 Å². The van der Waals surface area contributed by atoms with Crippen molar-refractivity contribution < 1.29 is 10.2 Å². The minimum atomic E-state index is -0.204. The van der Waals surface area contributed by atoms with Crippen LogP contribution < -0.4 is 0 Å². The van der Waals surface area contributed by atoms with Crippen molar-refractivity contribution in [1.29, 1.82) is 0 Å². The lowest BCUT2D eigenvalue weighted by molar-refractivity contribution is -0.129. The van der Waals surface area contributed by atoms with Crippen molar-refractivity contribution in [3.8, 4) is 0 Å². The van der Waals surface area contributed by atoms with Gasteiger partial charge in [-0.25, -0.2) is 0 Å². The molecule has 0 aromatic carbocycles. The van der Waals surface area contributed by atoms with Gasteiger partial charge < -0.3 is 10.2 Å². The first-order valence-corrected chi connectivity index (χ1v) is 14.0. The van der Waals surface area contributed by atoms with Gasteiger partial charge in [-0.2, -0.15) is 0 Å². The maximum absolute atomic E-state index is 11.2. The van der Waals surface area contributed by atoms with Gasteiger partial charge in [0.2, 0.25) is 0 Å². The van der Waals surface area contributed by atoms with Crippen molar-refractivity contribution >= 4 is 0 Å². The molecular formula is C29H56O2. The van der Waals surface area contributed by atoms with E-state index in [-0.39, 0.29) is 24.0 Å². The van der Waals surface area contributed by atoms with Crippen LogP contribution in [0.1, 0.15) is 132 Å². The topological polar surface area (TPSA) is 40.5 Å². The van der Waals surface area contributed by atoms with Crippen LogP contribution in [0.3, 0.4) is 0 Å². The van der Waals surface area contributed by atoms with Gasteiger partial charge in [-0.05, 0) is 72.5 Å². The Hall–Kier alpha value is -0.0800. The van der Waals surface area contributed by atoms with E-state index in [1.165, 1.54) is 64.2 Å². The Morgan fingerprint density at radius 1 is 0.839 bits per heavy atom. The second-order valence-electron chi connectivity index (χ2n) is 12.4. The summed E-state index contributed by atoms with van der Waals surface area (Å²) in [5.74, 6) is 1.99. The van der Waals surface area contributed by atoms with Crippen molar-refractivity contribution in [2.24, 2.45) is 40.4 Å². The Balaban J connectivity index is 1.89. The fourth-order valence-corrected chi connectivity index (χ4v) is 7.06. The zero-order valence-corrected chi connectivity index (χ0v) is 22.1. The van der Waals surface area contributed by atoms with Crippen LogP contribution in [0.4, 0.5) is 0 Å². The summed E-state index contributed by atoms with van der Waals surface area (Å²) in [6, 6.07) is 0. The van der Waals surface area contributed by atoms with Crippen molar-refractivity contribution in [3.05, 3.63) is 0 Å². The summed E-state index contributed by atoms with van der Waals surface area (Å²) < 4.78 is 0. The number of hydrogen-bond donors (Lipinski definition) is 2. The van der Waals surface area contributed by atoms with Crippen LogP contribution in [0, 0.1) is 40.4 Å². The third kappa shape index (κ3) is 6.50. The fraction of sp³-hybridized carbons (Fsp3) is 1.00. The van der Waals surface area contributed by atoms with Crippen molar-refractivity contribution in [1.82, 2.24) is 0 Å². The number of aliphatic hydroxyl groups excluding tert-OH is 2. The molecule has 0 saturated heterocycles. The Labute approximate surface area is 195 Å². The van der Waals surface area contributed by atoms with Gasteiger partial charge in [0, 0.05) is 0 Å². The first kappa shape index (κ1) is 27.2. The molecule has 184 valence electrons. The predicted octanol–water partition coefficient (Wildman–Crippen LogP) is 8.00. The van der Waals surface area contributed by atoms with E-state index < -0.39 is 0 Å². The molecule has 2 heteroatoms. The molecule has 2 fully saturated rings. The van der Waals surface area contributed by atoms with Gasteiger partial charge in [-0.1, -0.05) is 99.8 Å². The Morgan fingerprint density at radius 3 is 1.94 bits per heavy atom. The zero-order valence-electron chi connectivity index (χ0n) is 22.1. The summed E-state index contributed by atoms with van der Waals surface area (Å²) in [6.45, 7) is 16.6. The van der Waals surface area contributed by atoms with Crippen LogP contribution in [0.25, 0.3) is 0 Å². The maximum Gasteiger partial charge on any atom is 0.0603 e. The van der Waals surface area contributed by atoms with E-state index >= 15 is 0 Å². The molecule has 2 N–H and O–H groups in total. The monoisotopic (exact) mass is 436 g/mol. The largest absolute Gasteiger partial charge is 0.393 e. The fourth-order valence-electron chi connectivity index (χ4n) is 7.06. The SMILES string of the molecule is CCC(CC)(CCCC1C(O)C2CCCCC2C(O)[C@@H]1C)CCCC(C)C(C)(C)CC. The average molecular weight is 437 g/mol. The second-order valence-corrected chi connectivity index (χ2v) is 12.4.